The molecule has 1 aliphatic rings. The Kier molecular flexibility index (Phi) is 7.36. The lowest BCUT2D eigenvalue weighted by Gasteiger charge is -2.22. The molecule has 0 radical (unpaired) electrons. The third-order valence-electron chi connectivity index (χ3n) is 3.47. The minimum Gasteiger partial charge on any atom is -0.350 e. The first-order valence-electron chi connectivity index (χ1n) is 7.39. The van der Waals surface area contributed by atoms with Gasteiger partial charge in [-0.25, -0.2) is 4.98 Å². The van der Waals surface area contributed by atoms with Crippen molar-refractivity contribution in [3.8, 4) is 10.6 Å². The number of hydrogen-bond donors (Lipinski definition) is 2. The molecule has 23 heavy (non-hydrogen) atoms. The van der Waals surface area contributed by atoms with Crippen molar-refractivity contribution in [2.75, 3.05) is 18.1 Å². The van der Waals surface area contributed by atoms with E-state index in [2.05, 4.69) is 15.6 Å². The van der Waals surface area contributed by atoms with E-state index in [1.54, 1.807) is 11.3 Å². The summed E-state index contributed by atoms with van der Waals surface area (Å²) in [6.07, 6.45) is 0.544. The third-order valence-corrected chi connectivity index (χ3v) is 5.54. The number of hydrogen-bond acceptors (Lipinski definition) is 5. The quantitative estimate of drug-likeness (QED) is 0.850. The molecule has 1 aromatic heterocycles. The van der Waals surface area contributed by atoms with E-state index in [1.165, 1.54) is 0 Å². The normalized spacial score (nSPS) is 17.3. The molecule has 1 fully saturated rings. The van der Waals surface area contributed by atoms with Crippen molar-refractivity contribution in [1.82, 2.24) is 15.6 Å². The number of nitrogens with zero attached hydrogens (tertiary/aromatic N) is 1. The van der Waals surface area contributed by atoms with Gasteiger partial charge >= 0.3 is 0 Å². The van der Waals surface area contributed by atoms with Crippen LogP contribution in [0.5, 0.6) is 0 Å². The summed E-state index contributed by atoms with van der Waals surface area (Å²) in [4.78, 5) is 16.6. The molecule has 1 saturated heterocycles. The van der Waals surface area contributed by atoms with Crippen molar-refractivity contribution in [1.29, 1.82) is 0 Å². The van der Waals surface area contributed by atoms with E-state index in [9.17, 15) is 4.79 Å². The maximum Gasteiger partial charge on any atom is 0.221 e. The summed E-state index contributed by atoms with van der Waals surface area (Å²) < 4.78 is 0. The van der Waals surface area contributed by atoms with Gasteiger partial charge in [0.1, 0.15) is 5.01 Å². The van der Waals surface area contributed by atoms with Crippen LogP contribution in [0.15, 0.2) is 35.7 Å². The lowest BCUT2D eigenvalue weighted by molar-refractivity contribution is -0.121. The van der Waals surface area contributed by atoms with Crippen LogP contribution in [-0.2, 0) is 11.3 Å². The Balaban J connectivity index is 0.00000192. The fraction of sp³-hybridized carbons (Fsp3) is 0.375. The maximum atomic E-state index is 12.0. The van der Waals surface area contributed by atoms with Crippen molar-refractivity contribution in [3.63, 3.8) is 0 Å². The van der Waals surface area contributed by atoms with E-state index in [0.717, 1.165) is 34.3 Å². The van der Waals surface area contributed by atoms with E-state index in [1.807, 2.05) is 47.5 Å². The molecule has 2 aromatic rings. The summed E-state index contributed by atoms with van der Waals surface area (Å²) in [5.41, 5.74) is 2.04. The molecule has 0 bridgehead atoms. The molecule has 1 aliphatic heterocycles. The zero-order chi connectivity index (χ0) is 15.2. The Hall–Kier alpha value is -1.08. The van der Waals surface area contributed by atoms with Crippen LogP contribution in [0.25, 0.3) is 10.6 Å². The molecule has 3 rings (SSSR count). The van der Waals surface area contributed by atoms with Crippen molar-refractivity contribution in [2.45, 2.75) is 19.0 Å². The van der Waals surface area contributed by atoms with Crippen LogP contribution in [0, 0.1) is 0 Å². The van der Waals surface area contributed by atoms with Gasteiger partial charge in [-0.3, -0.25) is 4.79 Å². The number of benzene rings is 1. The summed E-state index contributed by atoms with van der Waals surface area (Å²) in [5.74, 6) is 2.25. The highest BCUT2D eigenvalue weighted by Gasteiger charge is 2.16. The summed E-state index contributed by atoms with van der Waals surface area (Å²) in [6, 6.07) is 10.4. The zero-order valence-electron chi connectivity index (χ0n) is 12.7. The average Bonchev–Trinajstić information content (AvgIpc) is 3.04. The second kappa shape index (κ2) is 9.27. The van der Waals surface area contributed by atoms with E-state index in [4.69, 9.17) is 0 Å². The molecule has 0 saturated carbocycles. The van der Waals surface area contributed by atoms with Crippen LogP contribution in [-0.4, -0.2) is 35.0 Å². The zero-order valence-corrected chi connectivity index (χ0v) is 15.1. The minimum absolute atomic E-state index is 0. The van der Waals surface area contributed by atoms with Crippen molar-refractivity contribution < 1.29 is 4.79 Å². The van der Waals surface area contributed by atoms with Crippen LogP contribution in [0.1, 0.15) is 12.1 Å². The molecule has 124 valence electrons. The van der Waals surface area contributed by atoms with Gasteiger partial charge in [-0.05, 0) is 0 Å². The molecular formula is C16H20ClN3OS2. The second-order valence-corrected chi connectivity index (χ2v) is 7.22. The standard InChI is InChI=1S/C16H19N3OS2.ClH/c20-15(8-13-10-21-7-6-17-13)18-9-14-11-22-16(19-14)12-4-2-1-3-5-12;/h1-5,11,13,17H,6-10H2,(H,18,20);1H. The first-order chi connectivity index (χ1) is 10.8. The van der Waals surface area contributed by atoms with Crippen LogP contribution < -0.4 is 10.6 Å². The van der Waals surface area contributed by atoms with Gasteiger partial charge in [-0.2, -0.15) is 11.8 Å². The molecule has 2 heterocycles. The third kappa shape index (κ3) is 5.49. The molecule has 0 aliphatic carbocycles. The van der Waals surface area contributed by atoms with Gasteiger partial charge in [0.25, 0.3) is 0 Å². The fourth-order valence-electron chi connectivity index (χ4n) is 2.34. The monoisotopic (exact) mass is 369 g/mol. The highest BCUT2D eigenvalue weighted by atomic mass is 35.5. The lowest BCUT2D eigenvalue weighted by atomic mass is 10.2. The van der Waals surface area contributed by atoms with Gasteiger partial charge in [0, 0.05) is 41.5 Å². The predicted octanol–water partition coefficient (Wildman–Crippen LogP) is 2.94. The van der Waals surface area contributed by atoms with E-state index >= 15 is 0 Å². The highest BCUT2D eigenvalue weighted by molar-refractivity contribution is 7.99. The molecule has 2 N–H and O–H groups in total. The molecule has 4 nitrogen and oxygen atoms in total. The molecule has 1 unspecified atom stereocenters. The summed E-state index contributed by atoms with van der Waals surface area (Å²) in [6.45, 7) is 1.50. The largest absolute Gasteiger partial charge is 0.350 e. The van der Waals surface area contributed by atoms with E-state index < -0.39 is 0 Å². The SMILES string of the molecule is Cl.O=C(CC1CSCCN1)NCc1csc(-c2ccccc2)n1. The van der Waals surface area contributed by atoms with Gasteiger partial charge < -0.3 is 10.6 Å². The predicted molar refractivity (Wildman–Crippen MR) is 100 cm³/mol. The Labute approximate surface area is 150 Å². The Morgan fingerprint density at radius 2 is 2.17 bits per heavy atom. The van der Waals surface area contributed by atoms with Crippen molar-refractivity contribution in [3.05, 3.63) is 41.4 Å². The summed E-state index contributed by atoms with van der Waals surface area (Å²) in [7, 11) is 0. The number of thioether (sulfide) groups is 1. The number of rotatable bonds is 5. The van der Waals surface area contributed by atoms with Gasteiger partial charge in [0.2, 0.25) is 5.91 Å². The topological polar surface area (TPSA) is 54.0 Å². The number of thiazole rings is 1. The van der Waals surface area contributed by atoms with E-state index in [-0.39, 0.29) is 18.3 Å². The number of halogens is 1. The smallest absolute Gasteiger partial charge is 0.221 e. The molecular weight excluding hydrogens is 350 g/mol. The average molecular weight is 370 g/mol. The Morgan fingerprint density at radius 1 is 1.35 bits per heavy atom. The lowest BCUT2D eigenvalue weighted by Crippen LogP contribution is -2.41. The number of carbonyl (C=O) groups excluding carboxylic acids is 1. The molecule has 1 atom stereocenters. The van der Waals surface area contributed by atoms with Crippen molar-refractivity contribution >= 4 is 41.4 Å². The second-order valence-electron chi connectivity index (χ2n) is 5.22. The van der Waals surface area contributed by atoms with Gasteiger partial charge in [-0.1, -0.05) is 30.3 Å². The van der Waals surface area contributed by atoms with Crippen LogP contribution >= 0.6 is 35.5 Å². The van der Waals surface area contributed by atoms with Crippen LogP contribution in [0.4, 0.5) is 0 Å². The first kappa shape index (κ1) is 18.3. The Bertz CT molecular complexity index is 615. The number of nitrogens with one attached hydrogen (secondary N) is 2. The first-order valence-corrected chi connectivity index (χ1v) is 9.42. The minimum atomic E-state index is 0. The molecule has 7 heteroatoms. The molecule has 1 aromatic carbocycles. The number of carbonyl (C=O) groups is 1. The van der Waals surface area contributed by atoms with Crippen LogP contribution in [0.2, 0.25) is 0 Å². The number of aromatic nitrogens is 1. The van der Waals surface area contributed by atoms with E-state index in [0.29, 0.717) is 19.0 Å². The van der Waals surface area contributed by atoms with Crippen molar-refractivity contribution in [2.24, 2.45) is 0 Å². The highest BCUT2D eigenvalue weighted by Crippen LogP contribution is 2.23. The van der Waals surface area contributed by atoms with Crippen LogP contribution in [0.3, 0.4) is 0 Å². The molecule has 1 amide bonds. The van der Waals surface area contributed by atoms with Gasteiger partial charge in [0.05, 0.1) is 12.2 Å². The molecule has 0 spiro atoms. The maximum absolute atomic E-state index is 12.0. The number of amides is 1. The summed E-state index contributed by atoms with van der Waals surface area (Å²) >= 11 is 3.52. The Morgan fingerprint density at radius 3 is 2.91 bits per heavy atom. The van der Waals surface area contributed by atoms with Gasteiger partial charge in [0.15, 0.2) is 0 Å². The van der Waals surface area contributed by atoms with Gasteiger partial charge in [-0.15, -0.1) is 23.7 Å². The fourth-order valence-corrected chi connectivity index (χ4v) is 4.11. The summed E-state index contributed by atoms with van der Waals surface area (Å²) in [5, 5.41) is 9.35.